The standard InChI is InChI=1S/C52H43B2N3O/c1-31-25-33(3)48(34(4)26-31)53-41-18-7-8-19-42(41)54(49-35(5)27-32(2)28-36(49)6)50-43(53)29-37(44-20-9-11-23-55-44)30-47(50)58-46-22-14-16-39-38-15-13-17-40(51(38)57-52(39)46)45-21-10-12-24-56-45/h7-30,57H,1-6H3. The molecular weight excluding hydrogens is 704 g/mol. The molecule has 0 aliphatic carbocycles. The molecule has 0 saturated heterocycles. The van der Waals surface area contributed by atoms with Crippen LogP contribution in [0.1, 0.15) is 33.4 Å². The fourth-order valence-electron chi connectivity index (χ4n) is 10.1. The van der Waals surface area contributed by atoms with Gasteiger partial charge in [0, 0.05) is 34.3 Å². The van der Waals surface area contributed by atoms with E-state index in [1.165, 1.54) is 66.2 Å². The zero-order valence-electron chi connectivity index (χ0n) is 33.8. The number of fused-ring (bicyclic) bond motifs is 5. The molecule has 278 valence electrons. The van der Waals surface area contributed by atoms with Crippen molar-refractivity contribution in [3.63, 3.8) is 0 Å². The number of hydrogen-bond donors (Lipinski definition) is 1. The summed E-state index contributed by atoms with van der Waals surface area (Å²) >= 11 is 0. The highest BCUT2D eigenvalue weighted by Gasteiger charge is 2.43. The Bertz CT molecular complexity index is 3020. The van der Waals surface area contributed by atoms with E-state index in [0.717, 1.165) is 55.8 Å². The summed E-state index contributed by atoms with van der Waals surface area (Å²) in [4.78, 5) is 13.4. The van der Waals surface area contributed by atoms with Crippen molar-refractivity contribution in [2.45, 2.75) is 41.5 Å². The van der Waals surface area contributed by atoms with Crippen molar-refractivity contribution in [1.29, 1.82) is 0 Å². The van der Waals surface area contributed by atoms with Gasteiger partial charge < -0.3 is 9.72 Å². The van der Waals surface area contributed by atoms with Crippen LogP contribution < -0.4 is 37.5 Å². The molecule has 1 aliphatic heterocycles. The molecule has 58 heavy (non-hydrogen) atoms. The van der Waals surface area contributed by atoms with E-state index in [0.29, 0.717) is 0 Å². The molecule has 4 heterocycles. The fourth-order valence-corrected chi connectivity index (χ4v) is 10.1. The number of rotatable bonds is 6. The number of aromatic nitrogens is 3. The molecular formula is C52H43B2N3O. The molecule has 10 rings (SSSR count). The minimum atomic E-state index is -0.0698. The topological polar surface area (TPSA) is 50.8 Å². The van der Waals surface area contributed by atoms with Crippen LogP contribution in [0.5, 0.6) is 11.5 Å². The molecule has 6 aromatic carbocycles. The second-order valence-electron chi connectivity index (χ2n) is 16.2. The van der Waals surface area contributed by atoms with Gasteiger partial charge in [0.25, 0.3) is 0 Å². The fraction of sp³-hybridized carbons (Fsp3) is 0.115. The van der Waals surface area contributed by atoms with Crippen LogP contribution >= 0.6 is 0 Å². The summed E-state index contributed by atoms with van der Waals surface area (Å²) in [7, 11) is 0. The molecule has 3 aromatic heterocycles. The highest BCUT2D eigenvalue weighted by molar-refractivity contribution is 7.12. The Morgan fingerprint density at radius 3 is 1.62 bits per heavy atom. The first-order valence-corrected chi connectivity index (χ1v) is 20.2. The maximum atomic E-state index is 7.49. The summed E-state index contributed by atoms with van der Waals surface area (Å²) in [6, 6.07) is 48.1. The summed E-state index contributed by atoms with van der Waals surface area (Å²) in [6.07, 6.45) is 3.73. The minimum absolute atomic E-state index is 0.0232. The molecule has 0 fully saturated rings. The van der Waals surface area contributed by atoms with Gasteiger partial charge in [-0.05, 0) is 83.4 Å². The van der Waals surface area contributed by atoms with Crippen molar-refractivity contribution in [3.8, 4) is 34.0 Å². The molecule has 1 aliphatic rings. The van der Waals surface area contributed by atoms with Gasteiger partial charge in [0.15, 0.2) is 5.75 Å². The average molecular weight is 748 g/mol. The van der Waals surface area contributed by atoms with E-state index >= 15 is 0 Å². The lowest BCUT2D eigenvalue weighted by Crippen LogP contribution is -2.76. The van der Waals surface area contributed by atoms with E-state index in [-0.39, 0.29) is 13.4 Å². The third-order valence-electron chi connectivity index (χ3n) is 12.2. The third kappa shape index (κ3) is 5.86. The predicted molar refractivity (Wildman–Crippen MR) is 246 cm³/mol. The van der Waals surface area contributed by atoms with Crippen LogP contribution in [-0.2, 0) is 0 Å². The van der Waals surface area contributed by atoms with Crippen LogP contribution in [0.4, 0.5) is 0 Å². The lowest BCUT2D eigenvalue weighted by atomic mass is 9.20. The van der Waals surface area contributed by atoms with Crippen molar-refractivity contribution in [3.05, 3.63) is 179 Å². The smallest absolute Gasteiger partial charge is 0.245 e. The number of ether oxygens (including phenoxy) is 1. The van der Waals surface area contributed by atoms with Crippen LogP contribution in [0.3, 0.4) is 0 Å². The Hall–Kier alpha value is -6.65. The zero-order valence-corrected chi connectivity index (χ0v) is 33.8. The summed E-state index contributed by atoms with van der Waals surface area (Å²) in [5, 5.41) is 2.24. The van der Waals surface area contributed by atoms with Gasteiger partial charge in [0.1, 0.15) is 5.75 Å². The highest BCUT2D eigenvalue weighted by Crippen LogP contribution is 2.38. The Labute approximate surface area is 341 Å². The summed E-state index contributed by atoms with van der Waals surface area (Å²) in [6.45, 7) is 13.4. The predicted octanol–water partition coefficient (Wildman–Crippen LogP) is 8.43. The van der Waals surface area contributed by atoms with Gasteiger partial charge in [0.2, 0.25) is 13.4 Å². The molecule has 4 nitrogen and oxygen atoms in total. The van der Waals surface area contributed by atoms with Crippen LogP contribution in [-0.4, -0.2) is 28.4 Å². The monoisotopic (exact) mass is 747 g/mol. The van der Waals surface area contributed by atoms with Crippen molar-refractivity contribution in [1.82, 2.24) is 15.0 Å². The summed E-state index contributed by atoms with van der Waals surface area (Å²) in [5.74, 6) is 1.61. The molecule has 0 radical (unpaired) electrons. The Kier molecular flexibility index (Phi) is 8.67. The number of H-pyrrole nitrogens is 1. The SMILES string of the molecule is Cc1cc(C)c(B2c3ccccc3B(c3c(C)cc(C)cc3C)c3c(Oc4cccc5c4[nH]c4c(-c6ccccn6)cccc45)cc(-c4ccccn4)cc32)c(C)c1. The van der Waals surface area contributed by atoms with E-state index in [9.17, 15) is 0 Å². The van der Waals surface area contributed by atoms with Crippen molar-refractivity contribution >= 4 is 68.0 Å². The normalized spacial score (nSPS) is 12.2. The molecule has 0 spiro atoms. The Morgan fingerprint density at radius 1 is 0.448 bits per heavy atom. The van der Waals surface area contributed by atoms with Crippen molar-refractivity contribution < 1.29 is 4.74 Å². The van der Waals surface area contributed by atoms with E-state index in [2.05, 4.69) is 162 Å². The zero-order chi connectivity index (χ0) is 39.7. The molecule has 0 amide bonds. The number of aryl methyl sites for hydroxylation is 6. The van der Waals surface area contributed by atoms with Crippen molar-refractivity contribution in [2.24, 2.45) is 0 Å². The molecule has 0 bridgehead atoms. The summed E-state index contributed by atoms with van der Waals surface area (Å²) in [5.41, 5.74) is 21.4. The van der Waals surface area contributed by atoms with Gasteiger partial charge >= 0.3 is 0 Å². The average Bonchev–Trinajstić information content (AvgIpc) is 3.61. The molecule has 9 aromatic rings. The molecule has 6 heteroatoms. The summed E-state index contributed by atoms with van der Waals surface area (Å²) < 4.78 is 7.49. The van der Waals surface area contributed by atoms with Crippen LogP contribution in [0, 0.1) is 41.5 Å². The number of benzene rings is 6. The molecule has 0 unspecified atom stereocenters. The molecule has 0 saturated carbocycles. The van der Waals surface area contributed by atoms with Gasteiger partial charge in [-0.25, -0.2) is 0 Å². The first-order chi connectivity index (χ1) is 28.2. The number of hydrogen-bond acceptors (Lipinski definition) is 3. The maximum Gasteiger partial charge on any atom is 0.245 e. The molecule has 1 N–H and O–H groups in total. The lowest BCUT2D eigenvalue weighted by molar-refractivity contribution is 0.491. The van der Waals surface area contributed by atoms with Crippen molar-refractivity contribution in [2.75, 3.05) is 0 Å². The van der Waals surface area contributed by atoms with Crippen LogP contribution in [0.15, 0.2) is 146 Å². The Morgan fingerprint density at radius 2 is 1.00 bits per heavy atom. The van der Waals surface area contributed by atoms with E-state index in [1.807, 2.05) is 30.6 Å². The number of nitrogens with one attached hydrogen (secondary N) is 1. The second-order valence-corrected chi connectivity index (χ2v) is 16.2. The van der Waals surface area contributed by atoms with Gasteiger partial charge in [-0.3, -0.25) is 9.97 Å². The van der Waals surface area contributed by atoms with E-state index in [4.69, 9.17) is 14.7 Å². The van der Waals surface area contributed by atoms with Crippen LogP contribution in [0.2, 0.25) is 0 Å². The van der Waals surface area contributed by atoms with Gasteiger partial charge in [0.05, 0.1) is 22.4 Å². The minimum Gasteiger partial charge on any atom is -0.456 e. The van der Waals surface area contributed by atoms with Crippen LogP contribution in [0.25, 0.3) is 44.3 Å². The van der Waals surface area contributed by atoms with Gasteiger partial charge in [-0.2, -0.15) is 0 Å². The van der Waals surface area contributed by atoms with Gasteiger partial charge in [-0.1, -0.05) is 158 Å². The first kappa shape index (κ1) is 35.7. The number of para-hydroxylation sites is 2. The number of pyridine rings is 2. The van der Waals surface area contributed by atoms with E-state index < -0.39 is 0 Å². The third-order valence-corrected chi connectivity index (χ3v) is 12.2. The molecule has 0 atom stereocenters. The first-order valence-electron chi connectivity index (χ1n) is 20.2. The highest BCUT2D eigenvalue weighted by atomic mass is 16.5. The Balaban J connectivity index is 1.29. The second kappa shape index (κ2) is 14.1. The maximum absolute atomic E-state index is 7.49. The quantitative estimate of drug-likeness (QED) is 0.174. The number of aromatic amines is 1. The number of nitrogens with zero attached hydrogens (tertiary/aromatic N) is 2. The van der Waals surface area contributed by atoms with Gasteiger partial charge in [-0.15, -0.1) is 0 Å². The lowest BCUT2D eigenvalue weighted by Gasteiger charge is -2.36. The largest absolute Gasteiger partial charge is 0.456 e. The van der Waals surface area contributed by atoms with E-state index in [1.54, 1.807) is 0 Å².